The second kappa shape index (κ2) is 8.93. The topological polar surface area (TPSA) is 6.48 Å². The van der Waals surface area contributed by atoms with E-state index in [-0.39, 0.29) is 10.8 Å². The number of para-hydroxylation sites is 4. The summed E-state index contributed by atoms with van der Waals surface area (Å²) in [4.78, 5) is 0. The fraction of sp³-hybridized carbons (Fsp3) is 0.167. The van der Waals surface area contributed by atoms with E-state index in [1.54, 1.807) is 0 Å². The van der Waals surface area contributed by atoms with E-state index < -0.39 is 6.34 Å². The molecule has 0 amide bonds. The normalized spacial score (nSPS) is 16.4. The Kier molecular flexibility index (Phi) is 5.65. The molecular weight excluding hydrogens is 523 g/mol. The summed E-state index contributed by atoms with van der Waals surface area (Å²) >= 11 is 7.23. The Morgan fingerprint density at radius 2 is 0.700 bits per heavy atom. The van der Waals surface area contributed by atoms with Crippen molar-refractivity contribution in [3.63, 3.8) is 0 Å². The highest BCUT2D eigenvalue weighted by atomic mass is 32.4. The number of benzene rings is 5. The maximum absolute atomic E-state index is 7.23. The Bertz CT molecular complexity index is 1600. The van der Waals surface area contributed by atoms with Gasteiger partial charge in [0.1, 0.15) is 0 Å². The maximum Gasteiger partial charge on any atom is 0.162 e. The Morgan fingerprint density at radius 1 is 0.425 bits per heavy atom. The zero-order valence-electron chi connectivity index (χ0n) is 23.4. The van der Waals surface area contributed by atoms with Gasteiger partial charge in [-0.15, -0.1) is 0 Å². The molecule has 0 aliphatic carbocycles. The Labute approximate surface area is 243 Å². The quantitative estimate of drug-likeness (QED) is 0.204. The van der Waals surface area contributed by atoms with Crippen LogP contribution in [0.2, 0.25) is 0 Å². The van der Waals surface area contributed by atoms with Crippen molar-refractivity contribution in [3.8, 4) is 0 Å². The van der Waals surface area contributed by atoms with Gasteiger partial charge in [-0.1, -0.05) is 131 Å². The summed E-state index contributed by atoms with van der Waals surface area (Å²) in [6.07, 6.45) is -2.76. The van der Waals surface area contributed by atoms with Crippen LogP contribution in [0.4, 0.5) is 22.7 Å². The van der Waals surface area contributed by atoms with Gasteiger partial charge in [-0.05, 0) is 58.3 Å². The maximum atomic E-state index is 7.23. The summed E-state index contributed by atoms with van der Waals surface area (Å²) in [5, 5.41) is 1.17. The van der Waals surface area contributed by atoms with Crippen molar-refractivity contribution in [1.29, 1.82) is 0 Å². The summed E-state index contributed by atoms with van der Waals surface area (Å²) in [5.74, 6) is 0. The van der Waals surface area contributed by atoms with E-state index in [1.165, 1.54) is 50.3 Å². The zero-order chi connectivity index (χ0) is 27.7. The van der Waals surface area contributed by atoms with Crippen LogP contribution in [0.3, 0.4) is 0 Å². The molecule has 0 N–H and O–H groups in total. The predicted molar refractivity (Wildman–Crippen MR) is 175 cm³/mol. The SMILES string of the molecule is CC1(C)c2ccccc2N(P(=S)(c2ccccc2)N2c3ccccc3C(C)(C)c3ccccc32)c2ccccc21. The van der Waals surface area contributed by atoms with Crippen LogP contribution in [0.25, 0.3) is 0 Å². The summed E-state index contributed by atoms with van der Waals surface area (Å²) in [6, 6.07) is 46.3. The van der Waals surface area contributed by atoms with E-state index in [0.29, 0.717) is 0 Å². The number of hydrogen-bond donors (Lipinski definition) is 0. The second-order valence-electron chi connectivity index (χ2n) is 11.8. The number of nitrogens with zero attached hydrogens (tertiary/aromatic N) is 2. The van der Waals surface area contributed by atoms with Gasteiger partial charge in [0, 0.05) is 16.1 Å². The van der Waals surface area contributed by atoms with Crippen molar-refractivity contribution in [2.75, 3.05) is 9.34 Å². The van der Waals surface area contributed by atoms with Gasteiger partial charge in [-0.3, -0.25) is 9.34 Å². The molecule has 40 heavy (non-hydrogen) atoms. The standard InChI is InChI=1S/C36H33N2PS/c1-35(2)27-18-8-12-22-31(27)37(32-23-13-9-19-28(32)35)39(40,26-16-6-5-7-17-26)38-33-24-14-10-20-29(33)36(3,4)30-21-11-15-25-34(30)38/h5-25H,1-4H3. The van der Waals surface area contributed by atoms with Crippen LogP contribution >= 0.6 is 6.34 Å². The van der Waals surface area contributed by atoms with Crippen LogP contribution in [0.5, 0.6) is 0 Å². The van der Waals surface area contributed by atoms with Crippen molar-refractivity contribution in [2.24, 2.45) is 0 Å². The lowest BCUT2D eigenvalue weighted by atomic mass is 9.74. The van der Waals surface area contributed by atoms with Crippen molar-refractivity contribution in [2.45, 2.75) is 38.5 Å². The molecule has 0 radical (unpaired) electrons. The smallest absolute Gasteiger partial charge is 0.162 e. The van der Waals surface area contributed by atoms with Gasteiger partial charge in [0.2, 0.25) is 0 Å². The van der Waals surface area contributed by atoms with Crippen LogP contribution in [0, 0.1) is 0 Å². The molecule has 2 heterocycles. The first-order valence-corrected chi connectivity index (χ1v) is 16.6. The number of anilines is 4. The molecule has 0 fully saturated rings. The molecule has 2 aliphatic heterocycles. The van der Waals surface area contributed by atoms with Crippen molar-refractivity contribution < 1.29 is 0 Å². The summed E-state index contributed by atoms with van der Waals surface area (Å²) in [5.41, 5.74) is 9.68. The van der Waals surface area contributed by atoms with Crippen molar-refractivity contribution >= 4 is 46.2 Å². The van der Waals surface area contributed by atoms with E-state index in [1.807, 2.05) is 0 Å². The second-order valence-corrected chi connectivity index (χ2v) is 15.8. The summed E-state index contributed by atoms with van der Waals surface area (Å²) in [6.45, 7) is 9.34. The average Bonchev–Trinajstić information content (AvgIpc) is 2.98. The van der Waals surface area contributed by atoms with Crippen molar-refractivity contribution in [3.05, 3.63) is 150 Å². The first-order valence-electron chi connectivity index (χ1n) is 13.9. The minimum Gasteiger partial charge on any atom is -0.293 e. The Morgan fingerprint density at radius 3 is 1.02 bits per heavy atom. The van der Waals surface area contributed by atoms with Gasteiger partial charge in [0.05, 0.1) is 22.7 Å². The molecule has 4 heteroatoms. The van der Waals surface area contributed by atoms with Crippen LogP contribution in [-0.4, -0.2) is 0 Å². The number of fused-ring (bicyclic) bond motifs is 4. The number of hydrogen-bond acceptors (Lipinski definition) is 1. The first kappa shape index (κ1) is 25.3. The van der Waals surface area contributed by atoms with Gasteiger partial charge in [0.25, 0.3) is 0 Å². The zero-order valence-corrected chi connectivity index (χ0v) is 25.1. The third-order valence-electron chi connectivity index (χ3n) is 8.86. The number of rotatable bonds is 3. The lowest BCUT2D eigenvalue weighted by Gasteiger charge is -2.53. The Hall–Kier alpha value is -3.65. The van der Waals surface area contributed by atoms with Gasteiger partial charge in [0.15, 0.2) is 6.34 Å². The summed E-state index contributed by atoms with van der Waals surface area (Å²) in [7, 11) is 0. The van der Waals surface area contributed by atoms with E-state index in [9.17, 15) is 0 Å². The molecule has 0 bridgehead atoms. The fourth-order valence-electron chi connectivity index (χ4n) is 6.82. The molecule has 0 saturated heterocycles. The monoisotopic (exact) mass is 556 g/mol. The molecule has 0 atom stereocenters. The molecule has 2 aliphatic rings. The van der Waals surface area contributed by atoms with Crippen LogP contribution in [0.15, 0.2) is 127 Å². The molecule has 7 rings (SSSR count). The highest BCUT2D eigenvalue weighted by Crippen LogP contribution is 2.69. The lowest BCUT2D eigenvalue weighted by Crippen LogP contribution is -2.41. The van der Waals surface area contributed by atoms with E-state index in [4.69, 9.17) is 11.8 Å². The molecule has 0 aromatic heterocycles. The Balaban J connectivity index is 1.63. The van der Waals surface area contributed by atoms with E-state index in [0.717, 1.165) is 0 Å². The minimum absolute atomic E-state index is 0.153. The van der Waals surface area contributed by atoms with Crippen LogP contribution in [-0.2, 0) is 22.6 Å². The summed E-state index contributed by atoms with van der Waals surface area (Å²) < 4.78 is 5.05. The molecule has 5 aromatic rings. The molecule has 0 spiro atoms. The molecular formula is C36H33N2PS. The van der Waals surface area contributed by atoms with Gasteiger partial charge in [-0.2, -0.15) is 0 Å². The average molecular weight is 557 g/mol. The van der Waals surface area contributed by atoms with Gasteiger partial charge < -0.3 is 0 Å². The molecule has 5 aromatic carbocycles. The minimum atomic E-state index is -2.76. The molecule has 0 unspecified atom stereocenters. The highest BCUT2D eigenvalue weighted by molar-refractivity contribution is 8.20. The van der Waals surface area contributed by atoms with Crippen molar-refractivity contribution in [1.82, 2.24) is 0 Å². The lowest BCUT2D eigenvalue weighted by molar-refractivity contribution is 0.632. The third kappa shape index (κ3) is 3.38. The van der Waals surface area contributed by atoms with Crippen LogP contribution < -0.4 is 14.6 Å². The van der Waals surface area contributed by atoms with E-state index in [2.05, 4.69) is 164 Å². The molecule has 198 valence electrons. The highest BCUT2D eigenvalue weighted by Gasteiger charge is 2.48. The predicted octanol–water partition coefficient (Wildman–Crippen LogP) is 9.58. The molecule has 2 nitrogen and oxygen atoms in total. The van der Waals surface area contributed by atoms with Gasteiger partial charge in [-0.25, -0.2) is 0 Å². The fourth-order valence-corrected chi connectivity index (χ4v) is 11.3. The first-order chi connectivity index (χ1) is 19.3. The van der Waals surface area contributed by atoms with E-state index >= 15 is 0 Å². The van der Waals surface area contributed by atoms with Crippen LogP contribution in [0.1, 0.15) is 49.9 Å². The third-order valence-corrected chi connectivity index (χ3v) is 13.4. The largest absolute Gasteiger partial charge is 0.293 e. The van der Waals surface area contributed by atoms with Gasteiger partial charge >= 0.3 is 0 Å². The molecule has 0 saturated carbocycles.